The molecule has 2 aromatic heterocycles. The minimum atomic E-state index is -3.97. The Kier molecular flexibility index (Phi) is 8.13. The van der Waals surface area contributed by atoms with Crippen molar-refractivity contribution in [2.75, 3.05) is 45.4 Å². The van der Waals surface area contributed by atoms with E-state index in [0.29, 0.717) is 43.8 Å². The summed E-state index contributed by atoms with van der Waals surface area (Å²) in [6, 6.07) is 0. The maximum atomic E-state index is 13.1. The third-order valence-corrected chi connectivity index (χ3v) is 6.59. The zero-order chi connectivity index (χ0) is 22.4. The van der Waals surface area contributed by atoms with E-state index in [9.17, 15) is 8.42 Å². The molecule has 0 amide bonds. The second kappa shape index (κ2) is 10.6. The van der Waals surface area contributed by atoms with Gasteiger partial charge in [-0.3, -0.25) is 9.29 Å². The third-order valence-electron chi connectivity index (χ3n) is 4.70. The first kappa shape index (κ1) is 23.8. The summed E-state index contributed by atoms with van der Waals surface area (Å²) in [5, 5.41) is 7.43. The Morgan fingerprint density at radius 1 is 1.29 bits per heavy atom. The predicted molar refractivity (Wildman–Crippen MR) is 110 cm³/mol. The second-order valence-electron chi connectivity index (χ2n) is 6.73. The number of halogens is 1. The van der Waals surface area contributed by atoms with Crippen LogP contribution in [0.4, 0.5) is 5.95 Å². The Morgan fingerprint density at radius 3 is 2.65 bits per heavy atom. The topological polar surface area (TPSA) is 140 Å². The average molecular weight is 477 g/mol. The molecule has 0 spiro atoms. The first-order valence-electron chi connectivity index (χ1n) is 9.50. The Labute approximate surface area is 185 Å². The van der Waals surface area contributed by atoms with Crippen molar-refractivity contribution in [2.45, 2.75) is 30.9 Å². The third kappa shape index (κ3) is 5.67. The molecule has 31 heavy (non-hydrogen) atoms. The zero-order valence-electron chi connectivity index (χ0n) is 17.4. The van der Waals surface area contributed by atoms with Gasteiger partial charge in [-0.15, -0.1) is 10.2 Å². The molecular weight excluding hydrogens is 452 g/mol. The molecule has 3 heterocycles. The molecule has 1 N–H and O–H groups in total. The van der Waals surface area contributed by atoms with Crippen molar-refractivity contribution in [3.05, 3.63) is 29.1 Å². The Morgan fingerprint density at radius 2 is 2.03 bits per heavy atom. The molecule has 0 radical (unpaired) electrons. The van der Waals surface area contributed by atoms with Crippen molar-refractivity contribution >= 4 is 27.6 Å². The fraction of sp³-hybridized carbons (Fsp3) is 0.647. The molecule has 0 aliphatic carbocycles. The lowest BCUT2D eigenvalue weighted by Crippen LogP contribution is -2.34. The number of hydrogen-bond acceptors (Lipinski definition) is 10. The quantitative estimate of drug-likeness (QED) is 0.527. The summed E-state index contributed by atoms with van der Waals surface area (Å²) in [6.45, 7) is 3.33. The van der Waals surface area contributed by atoms with Gasteiger partial charge in [0, 0.05) is 26.6 Å². The molecule has 12 nitrogen and oxygen atoms in total. The van der Waals surface area contributed by atoms with Crippen LogP contribution in [0.25, 0.3) is 0 Å². The van der Waals surface area contributed by atoms with Crippen molar-refractivity contribution in [1.29, 1.82) is 0 Å². The maximum absolute atomic E-state index is 13.1. The highest BCUT2D eigenvalue weighted by atomic mass is 35.5. The van der Waals surface area contributed by atoms with Gasteiger partial charge in [-0.05, 0) is 6.92 Å². The Bertz CT molecular complexity index is 951. The summed E-state index contributed by atoms with van der Waals surface area (Å²) in [6.07, 6.45) is 1.37. The molecule has 3 atom stereocenters. The van der Waals surface area contributed by atoms with E-state index in [-0.39, 0.29) is 11.8 Å². The molecule has 0 unspecified atom stereocenters. The van der Waals surface area contributed by atoms with Gasteiger partial charge in [0.1, 0.15) is 17.5 Å². The fourth-order valence-corrected chi connectivity index (χ4v) is 4.27. The normalized spacial score (nSPS) is 19.2. The summed E-state index contributed by atoms with van der Waals surface area (Å²) in [4.78, 5) is 8.15. The SMILES string of the molecule is COCCn1c(NS(=O)(=O)[C@@H](C)[C@H](OC)c2ncc(Cl)cn2)nnc1[C@H]1COCCO1. The molecule has 0 aromatic carbocycles. The van der Waals surface area contributed by atoms with Crippen molar-refractivity contribution in [1.82, 2.24) is 24.7 Å². The van der Waals surface area contributed by atoms with E-state index < -0.39 is 27.5 Å². The number of sulfonamides is 1. The second-order valence-corrected chi connectivity index (χ2v) is 9.20. The van der Waals surface area contributed by atoms with Crippen LogP contribution in [-0.4, -0.2) is 79.0 Å². The largest absolute Gasteiger partial charge is 0.383 e. The van der Waals surface area contributed by atoms with E-state index in [1.807, 2.05) is 0 Å². The molecule has 0 saturated carbocycles. The molecule has 172 valence electrons. The molecular formula is C17H25ClN6O6S. The monoisotopic (exact) mass is 476 g/mol. The Hall–Kier alpha value is -1.90. The van der Waals surface area contributed by atoms with E-state index in [0.717, 1.165) is 0 Å². The van der Waals surface area contributed by atoms with Crippen molar-refractivity contribution in [3.8, 4) is 0 Å². The smallest absolute Gasteiger partial charge is 0.240 e. The highest BCUT2D eigenvalue weighted by molar-refractivity contribution is 7.93. The van der Waals surface area contributed by atoms with Gasteiger partial charge in [-0.25, -0.2) is 18.4 Å². The molecule has 2 aromatic rings. The minimum Gasteiger partial charge on any atom is -0.383 e. The summed E-state index contributed by atoms with van der Waals surface area (Å²) >= 11 is 5.82. The highest BCUT2D eigenvalue weighted by Crippen LogP contribution is 2.26. The summed E-state index contributed by atoms with van der Waals surface area (Å²) in [7, 11) is -1.04. The number of aromatic nitrogens is 5. The van der Waals surface area contributed by atoms with Crippen LogP contribution >= 0.6 is 11.6 Å². The minimum absolute atomic E-state index is 0.0416. The molecule has 1 aliphatic heterocycles. The maximum Gasteiger partial charge on any atom is 0.240 e. The number of nitrogens with zero attached hydrogens (tertiary/aromatic N) is 5. The van der Waals surface area contributed by atoms with Crippen LogP contribution in [0.2, 0.25) is 5.02 Å². The van der Waals surface area contributed by atoms with Gasteiger partial charge in [0.25, 0.3) is 0 Å². The highest BCUT2D eigenvalue weighted by Gasteiger charge is 2.35. The predicted octanol–water partition coefficient (Wildman–Crippen LogP) is 0.974. The van der Waals surface area contributed by atoms with E-state index in [1.165, 1.54) is 26.4 Å². The number of methoxy groups -OCH3 is 2. The molecule has 0 bridgehead atoms. The fourth-order valence-electron chi connectivity index (χ4n) is 3.03. The van der Waals surface area contributed by atoms with Crippen LogP contribution < -0.4 is 4.72 Å². The van der Waals surface area contributed by atoms with Crippen LogP contribution in [-0.2, 0) is 35.5 Å². The molecule has 1 aliphatic rings. The van der Waals surface area contributed by atoms with E-state index in [2.05, 4.69) is 24.9 Å². The molecule has 3 rings (SSSR count). The first-order valence-corrected chi connectivity index (χ1v) is 11.4. The lowest BCUT2D eigenvalue weighted by Gasteiger charge is -2.24. The van der Waals surface area contributed by atoms with Crippen molar-refractivity contribution in [3.63, 3.8) is 0 Å². The van der Waals surface area contributed by atoms with Crippen LogP contribution in [0.1, 0.15) is 30.8 Å². The van der Waals surface area contributed by atoms with Gasteiger partial charge in [-0.2, -0.15) is 0 Å². The molecule has 14 heteroatoms. The van der Waals surface area contributed by atoms with Crippen LogP contribution in [0.3, 0.4) is 0 Å². The Balaban J connectivity index is 1.85. The average Bonchev–Trinajstić information content (AvgIpc) is 3.16. The van der Waals surface area contributed by atoms with Gasteiger partial charge >= 0.3 is 0 Å². The lowest BCUT2D eigenvalue weighted by atomic mass is 10.2. The van der Waals surface area contributed by atoms with Gasteiger partial charge < -0.3 is 18.9 Å². The summed E-state index contributed by atoms with van der Waals surface area (Å²) in [5.41, 5.74) is 0. The van der Waals surface area contributed by atoms with Gasteiger partial charge in [0.2, 0.25) is 16.0 Å². The number of hydrogen-bond donors (Lipinski definition) is 1. The van der Waals surface area contributed by atoms with Gasteiger partial charge in [0.15, 0.2) is 11.6 Å². The van der Waals surface area contributed by atoms with Gasteiger partial charge in [0.05, 0.1) is 38.0 Å². The number of rotatable bonds is 10. The van der Waals surface area contributed by atoms with E-state index in [4.69, 9.17) is 30.5 Å². The lowest BCUT2D eigenvalue weighted by molar-refractivity contribution is -0.0949. The van der Waals surface area contributed by atoms with Crippen molar-refractivity contribution in [2.24, 2.45) is 0 Å². The number of nitrogens with one attached hydrogen (secondary N) is 1. The van der Waals surface area contributed by atoms with Crippen LogP contribution in [0.5, 0.6) is 0 Å². The van der Waals surface area contributed by atoms with Crippen molar-refractivity contribution < 1.29 is 27.4 Å². The van der Waals surface area contributed by atoms with Crippen LogP contribution in [0, 0.1) is 0 Å². The molecule has 1 saturated heterocycles. The summed E-state index contributed by atoms with van der Waals surface area (Å²) < 4.78 is 52.0. The zero-order valence-corrected chi connectivity index (χ0v) is 19.0. The summed E-state index contributed by atoms with van der Waals surface area (Å²) in [5.74, 6) is 0.686. The van der Waals surface area contributed by atoms with E-state index >= 15 is 0 Å². The number of anilines is 1. The van der Waals surface area contributed by atoms with E-state index in [1.54, 1.807) is 11.7 Å². The molecule has 1 fully saturated rings. The first-order chi connectivity index (χ1) is 14.9. The van der Waals surface area contributed by atoms with Gasteiger partial charge in [-0.1, -0.05) is 11.6 Å². The van der Waals surface area contributed by atoms with Crippen LogP contribution in [0.15, 0.2) is 12.4 Å². The number of ether oxygens (including phenoxy) is 4. The standard InChI is InChI=1S/C17H25ClN6O6S/c1-11(14(28-3)15-19-8-12(18)9-20-15)31(25,26)23-17-22-21-16(24(17)4-5-27-2)13-10-29-6-7-30-13/h8-9,11,13-14H,4-7,10H2,1-3H3,(H,22,23)/t11-,13+,14-/m0/s1.